The minimum absolute atomic E-state index is 0.157. The van der Waals surface area contributed by atoms with Crippen LogP contribution in [0.4, 0.5) is 0 Å². The normalized spacial score (nSPS) is 16.6. The molecule has 0 unspecified atom stereocenters. The number of amides is 1. The molecule has 19 heavy (non-hydrogen) atoms. The van der Waals surface area contributed by atoms with Gasteiger partial charge in [0.1, 0.15) is 5.75 Å². The lowest BCUT2D eigenvalue weighted by atomic mass is 10.1. The highest BCUT2D eigenvalue weighted by Crippen LogP contribution is 2.16. The number of benzene rings is 1. The summed E-state index contributed by atoms with van der Waals surface area (Å²) in [5.41, 5.74) is 0.768. The Morgan fingerprint density at radius 3 is 2.21 bits per heavy atom. The zero-order valence-electron chi connectivity index (χ0n) is 11.7. The average molecular weight is 261 g/mol. The monoisotopic (exact) mass is 261 g/mol. The van der Waals surface area contributed by atoms with Crippen molar-refractivity contribution < 1.29 is 9.53 Å². The minimum Gasteiger partial charge on any atom is -0.494 e. The summed E-state index contributed by atoms with van der Waals surface area (Å²) in [6.07, 6.45) is 6.05. The summed E-state index contributed by atoms with van der Waals surface area (Å²) in [4.78, 5) is 14.4. The van der Waals surface area contributed by atoms with Gasteiger partial charge < -0.3 is 9.64 Å². The quantitative estimate of drug-likeness (QED) is 0.833. The molecule has 1 aromatic rings. The molecule has 0 spiro atoms. The summed E-state index contributed by atoms with van der Waals surface area (Å²) < 4.78 is 5.40. The zero-order valence-corrected chi connectivity index (χ0v) is 11.7. The number of rotatable bonds is 3. The van der Waals surface area contributed by atoms with Crippen molar-refractivity contribution >= 4 is 5.91 Å². The molecular formula is C16H23NO2. The van der Waals surface area contributed by atoms with E-state index in [1.807, 2.05) is 36.1 Å². The van der Waals surface area contributed by atoms with E-state index in [1.165, 1.54) is 19.3 Å². The largest absolute Gasteiger partial charge is 0.494 e. The molecule has 3 heteroatoms. The minimum atomic E-state index is 0.157. The lowest BCUT2D eigenvalue weighted by molar-refractivity contribution is 0.0742. The van der Waals surface area contributed by atoms with Crippen molar-refractivity contribution in [3.05, 3.63) is 29.8 Å². The van der Waals surface area contributed by atoms with Crippen LogP contribution in [0.1, 0.15) is 49.4 Å². The predicted octanol–water partition coefficient (Wildman–Crippen LogP) is 3.49. The molecule has 1 aliphatic heterocycles. The SMILES string of the molecule is CCOc1ccc(C(=O)N2CCCCCCC2)cc1. The van der Waals surface area contributed by atoms with Gasteiger partial charge in [0.25, 0.3) is 5.91 Å². The van der Waals surface area contributed by atoms with Gasteiger partial charge in [-0.3, -0.25) is 4.79 Å². The van der Waals surface area contributed by atoms with E-state index >= 15 is 0 Å². The van der Waals surface area contributed by atoms with E-state index in [0.29, 0.717) is 6.61 Å². The fourth-order valence-corrected chi connectivity index (χ4v) is 2.49. The van der Waals surface area contributed by atoms with Crippen LogP contribution in [0.25, 0.3) is 0 Å². The second kappa shape index (κ2) is 7.17. The van der Waals surface area contributed by atoms with Crippen LogP contribution in [-0.4, -0.2) is 30.5 Å². The number of hydrogen-bond donors (Lipinski definition) is 0. The van der Waals surface area contributed by atoms with Crippen LogP contribution in [-0.2, 0) is 0 Å². The number of ether oxygens (including phenoxy) is 1. The number of hydrogen-bond acceptors (Lipinski definition) is 2. The third-order valence-corrected chi connectivity index (χ3v) is 3.56. The number of likely N-dealkylation sites (tertiary alicyclic amines) is 1. The van der Waals surface area contributed by atoms with E-state index in [1.54, 1.807) is 0 Å². The molecule has 0 radical (unpaired) electrons. The standard InChI is InChI=1S/C16H23NO2/c1-2-19-15-10-8-14(9-11-15)16(18)17-12-6-4-3-5-7-13-17/h8-11H,2-7,12-13H2,1H3. The molecule has 0 bridgehead atoms. The fourth-order valence-electron chi connectivity index (χ4n) is 2.49. The molecule has 0 aromatic heterocycles. The van der Waals surface area contributed by atoms with Crippen molar-refractivity contribution in [2.45, 2.75) is 39.0 Å². The van der Waals surface area contributed by atoms with Crippen LogP contribution >= 0.6 is 0 Å². The zero-order chi connectivity index (χ0) is 13.5. The van der Waals surface area contributed by atoms with Crippen LogP contribution in [0.2, 0.25) is 0 Å². The van der Waals surface area contributed by atoms with E-state index in [9.17, 15) is 4.79 Å². The lowest BCUT2D eigenvalue weighted by Gasteiger charge is -2.24. The molecule has 1 fully saturated rings. The van der Waals surface area contributed by atoms with Crippen LogP contribution in [0.3, 0.4) is 0 Å². The van der Waals surface area contributed by atoms with Gasteiger partial charge >= 0.3 is 0 Å². The maximum absolute atomic E-state index is 12.4. The predicted molar refractivity (Wildman–Crippen MR) is 76.6 cm³/mol. The summed E-state index contributed by atoms with van der Waals surface area (Å²) in [5, 5.41) is 0. The molecule has 1 saturated heterocycles. The molecule has 1 aliphatic rings. The van der Waals surface area contributed by atoms with E-state index < -0.39 is 0 Å². The van der Waals surface area contributed by atoms with Crippen molar-refractivity contribution in [2.24, 2.45) is 0 Å². The molecule has 2 rings (SSSR count). The highest BCUT2D eigenvalue weighted by molar-refractivity contribution is 5.94. The van der Waals surface area contributed by atoms with Gasteiger partial charge in [0.15, 0.2) is 0 Å². The molecule has 104 valence electrons. The molecule has 0 atom stereocenters. The smallest absolute Gasteiger partial charge is 0.253 e. The summed E-state index contributed by atoms with van der Waals surface area (Å²) in [6, 6.07) is 7.49. The van der Waals surface area contributed by atoms with Gasteiger partial charge in [-0.15, -0.1) is 0 Å². The Bertz CT molecular complexity index is 392. The first-order valence-corrected chi connectivity index (χ1v) is 7.33. The van der Waals surface area contributed by atoms with Gasteiger partial charge in [-0.2, -0.15) is 0 Å². The van der Waals surface area contributed by atoms with Crippen molar-refractivity contribution in [1.82, 2.24) is 4.90 Å². The van der Waals surface area contributed by atoms with Gasteiger partial charge in [0, 0.05) is 18.7 Å². The summed E-state index contributed by atoms with van der Waals surface area (Å²) >= 11 is 0. The molecule has 1 amide bonds. The van der Waals surface area contributed by atoms with Gasteiger partial charge in [-0.05, 0) is 44.0 Å². The first-order chi connectivity index (χ1) is 9.31. The third-order valence-electron chi connectivity index (χ3n) is 3.56. The summed E-state index contributed by atoms with van der Waals surface area (Å²) in [7, 11) is 0. The molecule has 0 aliphatic carbocycles. The van der Waals surface area contributed by atoms with Crippen molar-refractivity contribution in [3.8, 4) is 5.75 Å². The first-order valence-electron chi connectivity index (χ1n) is 7.33. The van der Waals surface area contributed by atoms with Crippen molar-refractivity contribution in [3.63, 3.8) is 0 Å². The van der Waals surface area contributed by atoms with Crippen LogP contribution in [0, 0.1) is 0 Å². The summed E-state index contributed by atoms with van der Waals surface area (Å²) in [5.74, 6) is 0.983. The third kappa shape index (κ3) is 3.98. The number of nitrogens with zero attached hydrogens (tertiary/aromatic N) is 1. The molecule has 3 nitrogen and oxygen atoms in total. The highest BCUT2D eigenvalue weighted by Gasteiger charge is 2.16. The van der Waals surface area contributed by atoms with Gasteiger partial charge in [-0.1, -0.05) is 19.3 Å². The molecular weight excluding hydrogens is 238 g/mol. The number of carbonyl (C=O) groups is 1. The Hall–Kier alpha value is -1.51. The van der Waals surface area contributed by atoms with Crippen LogP contribution in [0.5, 0.6) is 5.75 Å². The Kier molecular flexibility index (Phi) is 5.25. The Balaban J connectivity index is 2.00. The van der Waals surface area contributed by atoms with Gasteiger partial charge in [-0.25, -0.2) is 0 Å². The maximum atomic E-state index is 12.4. The molecule has 1 heterocycles. The van der Waals surface area contributed by atoms with Crippen molar-refractivity contribution in [1.29, 1.82) is 0 Å². The second-order valence-corrected chi connectivity index (χ2v) is 5.02. The summed E-state index contributed by atoms with van der Waals surface area (Å²) in [6.45, 7) is 4.40. The molecule has 1 aromatic carbocycles. The Labute approximate surface area is 115 Å². The van der Waals surface area contributed by atoms with E-state index in [4.69, 9.17) is 4.74 Å². The molecule has 0 N–H and O–H groups in total. The maximum Gasteiger partial charge on any atom is 0.253 e. The number of carbonyl (C=O) groups excluding carboxylic acids is 1. The average Bonchev–Trinajstić information content (AvgIpc) is 2.39. The first kappa shape index (κ1) is 13.9. The molecule has 0 saturated carbocycles. The van der Waals surface area contributed by atoms with E-state index in [-0.39, 0.29) is 5.91 Å². The lowest BCUT2D eigenvalue weighted by Crippen LogP contribution is -2.33. The highest BCUT2D eigenvalue weighted by atomic mass is 16.5. The fraction of sp³-hybridized carbons (Fsp3) is 0.562. The van der Waals surface area contributed by atoms with Crippen LogP contribution < -0.4 is 4.74 Å². The van der Waals surface area contributed by atoms with Crippen molar-refractivity contribution in [2.75, 3.05) is 19.7 Å². The topological polar surface area (TPSA) is 29.5 Å². The van der Waals surface area contributed by atoms with Gasteiger partial charge in [0.2, 0.25) is 0 Å². The van der Waals surface area contributed by atoms with Crippen LogP contribution in [0.15, 0.2) is 24.3 Å². The van der Waals surface area contributed by atoms with E-state index in [0.717, 1.165) is 37.2 Å². The van der Waals surface area contributed by atoms with Gasteiger partial charge in [0.05, 0.1) is 6.61 Å². The Morgan fingerprint density at radius 2 is 1.63 bits per heavy atom. The Morgan fingerprint density at radius 1 is 1.05 bits per heavy atom. The van der Waals surface area contributed by atoms with E-state index in [2.05, 4.69) is 0 Å². The second-order valence-electron chi connectivity index (χ2n) is 5.02.